The van der Waals surface area contributed by atoms with Crippen LogP contribution in [0.5, 0.6) is 0 Å². The molecule has 1 rings (SSSR count). The van der Waals surface area contributed by atoms with Crippen LogP contribution in [0.1, 0.15) is 26.7 Å². The molecule has 92 valence electrons. The summed E-state index contributed by atoms with van der Waals surface area (Å²) in [6.07, 6.45) is 1.33. The van der Waals surface area contributed by atoms with E-state index in [2.05, 4.69) is 0 Å². The molecule has 1 aliphatic heterocycles. The van der Waals surface area contributed by atoms with Crippen molar-refractivity contribution >= 4 is 23.6 Å². The number of esters is 1. The lowest BCUT2D eigenvalue weighted by Gasteiger charge is -2.33. The van der Waals surface area contributed by atoms with Gasteiger partial charge in [-0.2, -0.15) is 11.8 Å². The van der Waals surface area contributed by atoms with Gasteiger partial charge in [-0.15, -0.1) is 0 Å². The third kappa shape index (κ3) is 3.40. The molecule has 4 nitrogen and oxygen atoms in total. The zero-order valence-electron chi connectivity index (χ0n) is 9.90. The van der Waals surface area contributed by atoms with E-state index in [4.69, 9.17) is 4.74 Å². The van der Waals surface area contributed by atoms with Crippen LogP contribution in [0.15, 0.2) is 0 Å². The Bertz CT molecular complexity index is 232. The largest absolute Gasteiger partial charge is 0.464 e. The Morgan fingerprint density at radius 2 is 2.19 bits per heavy atom. The molecule has 0 radical (unpaired) electrons. The minimum atomic E-state index is -0.377. The molecule has 1 saturated heterocycles. The van der Waals surface area contributed by atoms with Crippen molar-refractivity contribution in [3.63, 3.8) is 0 Å². The van der Waals surface area contributed by atoms with Crippen molar-refractivity contribution in [1.29, 1.82) is 0 Å². The normalized spacial score (nSPS) is 20.6. The van der Waals surface area contributed by atoms with Gasteiger partial charge in [0.05, 0.1) is 6.61 Å². The lowest BCUT2D eigenvalue weighted by molar-refractivity contribution is -0.153. The van der Waals surface area contributed by atoms with Crippen LogP contribution in [-0.4, -0.2) is 47.5 Å². The first kappa shape index (κ1) is 13.4. The SMILES string of the molecule is CCCC(=O)N1CCSCC1C(=O)OCC. The maximum absolute atomic E-state index is 11.8. The minimum Gasteiger partial charge on any atom is -0.464 e. The fourth-order valence-corrected chi connectivity index (χ4v) is 2.73. The fraction of sp³-hybridized carbons (Fsp3) is 0.818. The second-order valence-corrected chi connectivity index (χ2v) is 4.83. The molecule has 0 spiro atoms. The summed E-state index contributed by atoms with van der Waals surface area (Å²) < 4.78 is 4.99. The molecule has 5 heteroatoms. The van der Waals surface area contributed by atoms with E-state index in [1.54, 1.807) is 23.6 Å². The van der Waals surface area contributed by atoms with E-state index in [0.717, 1.165) is 12.2 Å². The predicted molar refractivity (Wildman–Crippen MR) is 64.4 cm³/mol. The van der Waals surface area contributed by atoms with Crippen molar-refractivity contribution in [3.05, 3.63) is 0 Å². The Morgan fingerprint density at radius 1 is 1.44 bits per heavy atom. The van der Waals surface area contributed by atoms with Crippen LogP contribution in [0.3, 0.4) is 0 Å². The molecule has 0 aromatic rings. The Morgan fingerprint density at radius 3 is 2.81 bits per heavy atom. The molecule has 1 heterocycles. The molecule has 0 aromatic carbocycles. The second kappa shape index (κ2) is 6.78. The molecule has 0 aromatic heterocycles. The molecule has 0 N–H and O–H groups in total. The molecule has 0 saturated carbocycles. The zero-order chi connectivity index (χ0) is 12.0. The van der Waals surface area contributed by atoms with E-state index in [9.17, 15) is 9.59 Å². The summed E-state index contributed by atoms with van der Waals surface area (Å²) in [4.78, 5) is 25.2. The number of carbonyl (C=O) groups is 2. The lowest BCUT2D eigenvalue weighted by atomic mass is 10.2. The van der Waals surface area contributed by atoms with Crippen LogP contribution in [0.4, 0.5) is 0 Å². The van der Waals surface area contributed by atoms with Gasteiger partial charge in [0.25, 0.3) is 0 Å². The highest BCUT2D eigenvalue weighted by Crippen LogP contribution is 2.18. The topological polar surface area (TPSA) is 46.6 Å². The smallest absolute Gasteiger partial charge is 0.329 e. The number of nitrogens with zero attached hydrogens (tertiary/aromatic N) is 1. The number of hydrogen-bond donors (Lipinski definition) is 0. The van der Waals surface area contributed by atoms with Gasteiger partial charge in [-0.1, -0.05) is 6.92 Å². The molecular weight excluding hydrogens is 226 g/mol. The Kier molecular flexibility index (Phi) is 5.66. The molecule has 1 fully saturated rings. The monoisotopic (exact) mass is 245 g/mol. The van der Waals surface area contributed by atoms with Gasteiger partial charge in [0.15, 0.2) is 0 Å². The van der Waals surface area contributed by atoms with Crippen LogP contribution in [0.2, 0.25) is 0 Å². The van der Waals surface area contributed by atoms with Crippen molar-refractivity contribution in [3.8, 4) is 0 Å². The first-order chi connectivity index (χ1) is 7.70. The predicted octanol–water partition coefficient (Wildman–Crippen LogP) is 1.29. The van der Waals surface area contributed by atoms with Gasteiger partial charge in [0, 0.05) is 24.5 Å². The van der Waals surface area contributed by atoms with Crippen LogP contribution in [0, 0.1) is 0 Å². The maximum Gasteiger partial charge on any atom is 0.329 e. The summed E-state index contributed by atoms with van der Waals surface area (Å²) >= 11 is 1.70. The van der Waals surface area contributed by atoms with E-state index in [1.165, 1.54) is 0 Å². The van der Waals surface area contributed by atoms with E-state index in [1.807, 2.05) is 6.92 Å². The minimum absolute atomic E-state index is 0.0702. The molecule has 0 aliphatic carbocycles. The van der Waals surface area contributed by atoms with Gasteiger partial charge < -0.3 is 9.64 Å². The summed E-state index contributed by atoms with van der Waals surface area (Å²) in [7, 11) is 0. The third-order valence-electron chi connectivity index (χ3n) is 2.47. The standard InChI is InChI=1S/C11H19NO3S/c1-3-5-10(13)12-6-7-16-8-9(12)11(14)15-4-2/h9H,3-8H2,1-2H3. The average molecular weight is 245 g/mol. The molecule has 0 bridgehead atoms. The van der Waals surface area contributed by atoms with E-state index in [0.29, 0.717) is 25.3 Å². The van der Waals surface area contributed by atoms with Gasteiger partial charge in [0.1, 0.15) is 6.04 Å². The third-order valence-corrected chi connectivity index (χ3v) is 3.49. The second-order valence-electron chi connectivity index (χ2n) is 3.68. The molecule has 1 amide bonds. The van der Waals surface area contributed by atoms with Gasteiger partial charge in [0.2, 0.25) is 5.91 Å². The number of carbonyl (C=O) groups excluding carboxylic acids is 2. The van der Waals surface area contributed by atoms with Crippen molar-refractivity contribution in [2.24, 2.45) is 0 Å². The molecule has 16 heavy (non-hydrogen) atoms. The van der Waals surface area contributed by atoms with E-state index < -0.39 is 0 Å². The van der Waals surface area contributed by atoms with Crippen LogP contribution in [0.25, 0.3) is 0 Å². The fourth-order valence-electron chi connectivity index (χ4n) is 1.69. The molecule has 1 unspecified atom stereocenters. The Labute approximate surface area is 101 Å². The van der Waals surface area contributed by atoms with Crippen molar-refractivity contribution in [2.45, 2.75) is 32.7 Å². The number of ether oxygens (including phenoxy) is 1. The summed E-state index contributed by atoms with van der Waals surface area (Å²) in [6, 6.07) is -0.377. The summed E-state index contributed by atoms with van der Waals surface area (Å²) in [5, 5.41) is 0. The highest BCUT2D eigenvalue weighted by Gasteiger charge is 2.32. The number of thioether (sulfide) groups is 1. The van der Waals surface area contributed by atoms with Crippen LogP contribution < -0.4 is 0 Å². The molecule has 1 aliphatic rings. The number of rotatable bonds is 4. The lowest BCUT2D eigenvalue weighted by Crippen LogP contribution is -2.50. The van der Waals surface area contributed by atoms with E-state index >= 15 is 0 Å². The average Bonchev–Trinajstić information content (AvgIpc) is 2.30. The zero-order valence-corrected chi connectivity index (χ0v) is 10.7. The van der Waals surface area contributed by atoms with Crippen molar-refractivity contribution in [2.75, 3.05) is 24.7 Å². The van der Waals surface area contributed by atoms with Gasteiger partial charge in [-0.05, 0) is 13.3 Å². The first-order valence-electron chi connectivity index (χ1n) is 5.74. The first-order valence-corrected chi connectivity index (χ1v) is 6.90. The number of amides is 1. The molecule has 1 atom stereocenters. The summed E-state index contributed by atoms with van der Waals surface area (Å²) in [5.74, 6) is 1.37. The van der Waals surface area contributed by atoms with Crippen LogP contribution >= 0.6 is 11.8 Å². The Hall–Kier alpha value is -0.710. The highest BCUT2D eigenvalue weighted by molar-refractivity contribution is 7.99. The van der Waals surface area contributed by atoms with Crippen LogP contribution in [-0.2, 0) is 14.3 Å². The number of hydrogen-bond acceptors (Lipinski definition) is 4. The van der Waals surface area contributed by atoms with Crippen molar-refractivity contribution in [1.82, 2.24) is 4.90 Å². The Balaban J connectivity index is 2.63. The van der Waals surface area contributed by atoms with Gasteiger partial charge >= 0.3 is 5.97 Å². The summed E-state index contributed by atoms with van der Waals surface area (Å²) in [5.41, 5.74) is 0. The van der Waals surface area contributed by atoms with Gasteiger partial charge in [-0.25, -0.2) is 4.79 Å². The quantitative estimate of drug-likeness (QED) is 0.700. The van der Waals surface area contributed by atoms with Crippen molar-refractivity contribution < 1.29 is 14.3 Å². The highest BCUT2D eigenvalue weighted by atomic mass is 32.2. The molecular formula is C11H19NO3S. The maximum atomic E-state index is 11.8. The van der Waals surface area contributed by atoms with E-state index in [-0.39, 0.29) is 17.9 Å². The summed E-state index contributed by atoms with van der Waals surface area (Å²) in [6.45, 7) is 4.78. The van der Waals surface area contributed by atoms with Gasteiger partial charge in [-0.3, -0.25) is 4.79 Å².